The van der Waals surface area contributed by atoms with Gasteiger partial charge in [-0.1, -0.05) is 0 Å². The molecule has 0 N–H and O–H groups in total. The van der Waals surface area contributed by atoms with E-state index in [0.29, 0.717) is 47.7 Å². The van der Waals surface area contributed by atoms with E-state index in [4.69, 9.17) is 18.9 Å². The third-order valence-corrected chi connectivity index (χ3v) is 6.86. The Labute approximate surface area is 212 Å². The number of Topliss-reactive ketones (excluding diaryl/α,β-unsaturated/α-hetero) is 1. The first-order valence-corrected chi connectivity index (χ1v) is 12.3. The molecule has 10 heteroatoms. The summed E-state index contributed by atoms with van der Waals surface area (Å²) in [6.07, 6.45) is 1.26. The van der Waals surface area contributed by atoms with Crippen molar-refractivity contribution in [3.8, 4) is 17.2 Å². The lowest BCUT2D eigenvalue weighted by molar-refractivity contribution is -0.137. The zero-order valence-electron chi connectivity index (χ0n) is 20.3. The molecular weight excluding hydrogens is 487 g/mol. The van der Waals surface area contributed by atoms with Gasteiger partial charge in [0.25, 0.3) is 0 Å². The van der Waals surface area contributed by atoms with Crippen LogP contribution in [-0.2, 0) is 9.53 Å². The van der Waals surface area contributed by atoms with Crippen molar-refractivity contribution in [2.75, 3.05) is 46.3 Å². The van der Waals surface area contributed by atoms with Crippen LogP contribution in [0, 0.1) is 5.82 Å². The number of carbonyl (C=O) groups excluding carboxylic acids is 2. The number of ketones is 1. The van der Waals surface area contributed by atoms with Crippen molar-refractivity contribution >= 4 is 34.4 Å². The summed E-state index contributed by atoms with van der Waals surface area (Å²) in [4.78, 5) is 31.9. The summed E-state index contributed by atoms with van der Waals surface area (Å²) < 4.78 is 36.3. The standard InChI is InChI=1S/C26H27FN2O6S/c1-16(30)19-5-7-22(32-2)26(33-3)25(19)35-14-18-13-29(10-11-34-18)24(31)15-36-23-8-9-28-21-6-4-17(27)12-20(21)23/h4-9,12,18H,10-11,13-15H2,1-3H3. The molecule has 36 heavy (non-hydrogen) atoms. The summed E-state index contributed by atoms with van der Waals surface area (Å²) >= 11 is 1.35. The van der Waals surface area contributed by atoms with E-state index < -0.39 is 0 Å². The molecule has 0 aliphatic carbocycles. The molecule has 1 aliphatic rings. The Morgan fingerprint density at radius 1 is 1.17 bits per heavy atom. The summed E-state index contributed by atoms with van der Waals surface area (Å²) in [6.45, 7) is 2.73. The van der Waals surface area contributed by atoms with Gasteiger partial charge >= 0.3 is 0 Å². The number of benzene rings is 2. The Bertz CT molecular complexity index is 1270. The second-order valence-corrected chi connectivity index (χ2v) is 9.15. The molecule has 0 spiro atoms. The van der Waals surface area contributed by atoms with Crippen LogP contribution < -0.4 is 14.2 Å². The summed E-state index contributed by atoms with van der Waals surface area (Å²) in [5.41, 5.74) is 1.05. The molecule has 2 aromatic carbocycles. The van der Waals surface area contributed by atoms with E-state index in [2.05, 4.69) is 4.98 Å². The van der Waals surface area contributed by atoms with Gasteiger partial charge in [0.1, 0.15) is 18.5 Å². The third kappa shape index (κ3) is 5.71. The molecule has 3 aromatic rings. The predicted molar refractivity (Wildman–Crippen MR) is 134 cm³/mol. The number of rotatable bonds is 9. The number of amides is 1. The Hall–Kier alpha value is -3.37. The van der Waals surface area contributed by atoms with Crippen LogP contribution in [0.1, 0.15) is 17.3 Å². The highest BCUT2D eigenvalue weighted by Gasteiger charge is 2.27. The Kier molecular flexibility index (Phi) is 8.27. The number of methoxy groups -OCH3 is 2. The van der Waals surface area contributed by atoms with Gasteiger partial charge in [-0.25, -0.2) is 4.39 Å². The lowest BCUT2D eigenvalue weighted by atomic mass is 10.1. The molecule has 0 radical (unpaired) electrons. The van der Waals surface area contributed by atoms with Crippen molar-refractivity contribution in [3.63, 3.8) is 0 Å². The fourth-order valence-corrected chi connectivity index (χ4v) is 4.93. The zero-order chi connectivity index (χ0) is 25.7. The Morgan fingerprint density at radius 2 is 2.00 bits per heavy atom. The van der Waals surface area contributed by atoms with E-state index in [1.807, 2.05) is 0 Å². The lowest BCUT2D eigenvalue weighted by Gasteiger charge is -2.33. The van der Waals surface area contributed by atoms with Gasteiger partial charge in [0.2, 0.25) is 11.7 Å². The van der Waals surface area contributed by atoms with Crippen molar-refractivity contribution in [3.05, 3.63) is 54.0 Å². The molecular formula is C26H27FN2O6S. The van der Waals surface area contributed by atoms with Crippen LogP contribution in [0.5, 0.6) is 17.2 Å². The van der Waals surface area contributed by atoms with Gasteiger partial charge in [0.05, 0.1) is 44.2 Å². The quantitative estimate of drug-likeness (QED) is 0.313. The number of halogens is 1. The van der Waals surface area contributed by atoms with E-state index in [0.717, 1.165) is 4.90 Å². The number of carbonyl (C=O) groups is 2. The van der Waals surface area contributed by atoms with Crippen LogP contribution in [0.4, 0.5) is 4.39 Å². The fraction of sp³-hybridized carbons (Fsp3) is 0.346. The first-order chi connectivity index (χ1) is 17.4. The molecule has 1 atom stereocenters. The molecule has 1 unspecified atom stereocenters. The van der Waals surface area contributed by atoms with Crippen LogP contribution >= 0.6 is 11.8 Å². The highest BCUT2D eigenvalue weighted by atomic mass is 32.2. The Balaban J connectivity index is 1.40. The minimum Gasteiger partial charge on any atom is -0.493 e. The molecule has 1 aromatic heterocycles. The van der Waals surface area contributed by atoms with Gasteiger partial charge in [-0.05, 0) is 43.3 Å². The molecule has 1 saturated heterocycles. The van der Waals surface area contributed by atoms with Crippen LogP contribution in [0.3, 0.4) is 0 Å². The smallest absolute Gasteiger partial charge is 0.233 e. The molecule has 8 nitrogen and oxygen atoms in total. The van der Waals surface area contributed by atoms with Gasteiger partial charge < -0.3 is 23.8 Å². The number of fused-ring (bicyclic) bond motifs is 1. The van der Waals surface area contributed by atoms with Crippen LogP contribution in [0.2, 0.25) is 0 Å². The first-order valence-electron chi connectivity index (χ1n) is 11.4. The van der Waals surface area contributed by atoms with Crippen molar-refractivity contribution in [1.82, 2.24) is 9.88 Å². The summed E-state index contributed by atoms with van der Waals surface area (Å²) in [5, 5.41) is 0.678. The number of thioether (sulfide) groups is 1. The van der Waals surface area contributed by atoms with E-state index in [-0.39, 0.29) is 41.7 Å². The van der Waals surface area contributed by atoms with Crippen molar-refractivity contribution < 1.29 is 32.9 Å². The van der Waals surface area contributed by atoms with Crippen LogP contribution in [-0.4, -0.2) is 74.0 Å². The number of nitrogens with zero attached hydrogens (tertiary/aromatic N) is 2. The van der Waals surface area contributed by atoms with Crippen LogP contribution in [0.25, 0.3) is 10.9 Å². The fourth-order valence-electron chi connectivity index (χ4n) is 3.99. The van der Waals surface area contributed by atoms with Gasteiger partial charge in [-0.3, -0.25) is 14.6 Å². The van der Waals surface area contributed by atoms with Gasteiger partial charge in [0, 0.05) is 23.0 Å². The molecule has 190 valence electrons. The first kappa shape index (κ1) is 25.7. The van der Waals surface area contributed by atoms with E-state index in [1.54, 1.807) is 35.4 Å². The van der Waals surface area contributed by atoms with Gasteiger partial charge in [0.15, 0.2) is 17.3 Å². The number of pyridine rings is 1. The van der Waals surface area contributed by atoms with Crippen molar-refractivity contribution in [2.24, 2.45) is 0 Å². The SMILES string of the molecule is COc1ccc(C(C)=O)c(OCC2CN(C(=O)CSc3ccnc4ccc(F)cc34)CCO2)c1OC. The summed E-state index contributed by atoms with van der Waals surface area (Å²) in [7, 11) is 2.98. The molecule has 1 aliphatic heterocycles. The second-order valence-electron chi connectivity index (χ2n) is 8.14. The van der Waals surface area contributed by atoms with E-state index >= 15 is 0 Å². The topological polar surface area (TPSA) is 87.2 Å². The molecule has 0 saturated carbocycles. The molecule has 2 heterocycles. The average Bonchev–Trinajstić information content (AvgIpc) is 2.89. The number of hydrogen-bond donors (Lipinski definition) is 0. The van der Waals surface area contributed by atoms with Gasteiger partial charge in [-0.15, -0.1) is 11.8 Å². The third-order valence-electron chi connectivity index (χ3n) is 5.80. The van der Waals surface area contributed by atoms with E-state index in [1.165, 1.54) is 45.0 Å². The molecule has 0 bridgehead atoms. The maximum atomic E-state index is 13.7. The molecule has 1 fully saturated rings. The number of aromatic nitrogens is 1. The predicted octanol–water partition coefficient (Wildman–Crippen LogP) is 3.99. The number of ether oxygens (including phenoxy) is 4. The number of hydrogen-bond acceptors (Lipinski definition) is 8. The monoisotopic (exact) mass is 514 g/mol. The average molecular weight is 515 g/mol. The normalized spacial score (nSPS) is 15.6. The molecule has 1 amide bonds. The highest BCUT2D eigenvalue weighted by Crippen LogP contribution is 2.40. The lowest BCUT2D eigenvalue weighted by Crippen LogP contribution is -2.48. The van der Waals surface area contributed by atoms with Crippen molar-refractivity contribution in [1.29, 1.82) is 0 Å². The van der Waals surface area contributed by atoms with Gasteiger partial charge in [-0.2, -0.15) is 0 Å². The summed E-state index contributed by atoms with van der Waals surface area (Å²) in [6, 6.07) is 9.48. The second kappa shape index (κ2) is 11.6. The zero-order valence-corrected chi connectivity index (χ0v) is 21.1. The molecule has 4 rings (SSSR count). The maximum absolute atomic E-state index is 13.7. The van der Waals surface area contributed by atoms with Crippen LogP contribution in [0.15, 0.2) is 47.5 Å². The summed E-state index contributed by atoms with van der Waals surface area (Å²) in [5.74, 6) is 0.669. The highest BCUT2D eigenvalue weighted by molar-refractivity contribution is 8.00. The van der Waals surface area contributed by atoms with Crippen molar-refractivity contribution in [2.45, 2.75) is 17.9 Å². The Morgan fingerprint density at radius 3 is 2.75 bits per heavy atom. The maximum Gasteiger partial charge on any atom is 0.233 e. The minimum atomic E-state index is -0.390. The minimum absolute atomic E-state index is 0.0574. The largest absolute Gasteiger partial charge is 0.493 e. The van der Waals surface area contributed by atoms with E-state index in [9.17, 15) is 14.0 Å². The number of morpholine rings is 1.